The summed E-state index contributed by atoms with van der Waals surface area (Å²) < 4.78 is 64.5. The van der Waals surface area contributed by atoms with Crippen LogP contribution in [0.1, 0.15) is 16.7 Å². The molecule has 0 aromatic heterocycles. The fourth-order valence-corrected chi connectivity index (χ4v) is 4.48. The first-order valence-corrected chi connectivity index (χ1v) is 10.7. The van der Waals surface area contributed by atoms with Crippen LogP contribution >= 0.6 is 0 Å². The molecule has 0 unspecified atom stereocenters. The highest BCUT2D eigenvalue weighted by molar-refractivity contribution is 7.89. The summed E-state index contributed by atoms with van der Waals surface area (Å²) in [6.07, 6.45) is -1.74. The molecule has 0 N–H and O–H groups in total. The molecule has 2 aromatic carbocycles. The summed E-state index contributed by atoms with van der Waals surface area (Å²) in [5, 5.41) is 8.82. The lowest BCUT2D eigenvalue weighted by Gasteiger charge is -2.33. The molecule has 0 spiro atoms. The lowest BCUT2D eigenvalue weighted by atomic mass is 10.1. The number of amides is 1. The molecule has 162 valence electrons. The second kappa shape index (κ2) is 8.91. The van der Waals surface area contributed by atoms with E-state index in [9.17, 15) is 26.4 Å². The first kappa shape index (κ1) is 22.5. The average Bonchev–Trinajstić information content (AvgIpc) is 2.77. The van der Waals surface area contributed by atoms with Gasteiger partial charge < -0.3 is 4.90 Å². The second-order valence-corrected chi connectivity index (χ2v) is 8.76. The zero-order valence-electron chi connectivity index (χ0n) is 16.2. The summed E-state index contributed by atoms with van der Waals surface area (Å²) in [7, 11) is -3.73. The minimum Gasteiger partial charge on any atom is -0.337 e. The third-order valence-corrected chi connectivity index (χ3v) is 6.74. The van der Waals surface area contributed by atoms with Gasteiger partial charge in [0.05, 0.1) is 22.1 Å². The van der Waals surface area contributed by atoms with Crippen LogP contribution in [0, 0.1) is 11.3 Å². The Kier molecular flexibility index (Phi) is 6.48. The van der Waals surface area contributed by atoms with Gasteiger partial charge in [-0.3, -0.25) is 4.79 Å². The van der Waals surface area contributed by atoms with Crippen molar-refractivity contribution in [2.75, 3.05) is 26.2 Å². The molecule has 0 saturated carbocycles. The smallest absolute Gasteiger partial charge is 0.337 e. The number of benzene rings is 2. The van der Waals surface area contributed by atoms with E-state index in [0.29, 0.717) is 11.1 Å². The number of nitriles is 1. The third-order valence-electron chi connectivity index (χ3n) is 4.83. The quantitative estimate of drug-likeness (QED) is 0.672. The molecule has 1 aliphatic rings. The summed E-state index contributed by atoms with van der Waals surface area (Å²) in [6.45, 7) is 0.599. The van der Waals surface area contributed by atoms with E-state index in [1.807, 2.05) is 6.07 Å². The van der Waals surface area contributed by atoms with Crippen molar-refractivity contribution < 1.29 is 26.4 Å². The SMILES string of the molecule is N#Cc1ccc(S(=O)(=O)N2CCN(C(=O)/C=C/c3ccc(C(F)(F)F)cc3)CC2)cc1. The number of alkyl halides is 3. The van der Waals surface area contributed by atoms with Crippen LogP contribution < -0.4 is 0 Å². The highest BCUT2D eigenvalue weighted by Gasteiger charge is 2.30. The van der Waals surface area contributed by atoms with Gasteiger partial charge in [-0.1, -0.05) is 12.1 Å². The van der Waals surface area contributed by atoms with Crippen molar-refractivity contribution in [3.8, 4) is 6.07 Å². The Bertz CT molecular complexity index is 1110. The van der Waals surface area contributed by atoms with Crippen LogP contribution in [0.5, 0.6) is 0 Å². The molecular weight excluding hydrogens is 431 g/mol. The lowest BCUT2D eigenvalue weighted by molar-refractivity contribution is -0.137. The number of carbonyl (C=O) groups excluding carboxylic acids is 1. The number of sulfonamides is 1. The Morgan fingerprint density at radius 2 is 1.55 bits per heavy atom. The Labute approximate surface area is 177 Å². The van der Waals surface area contributed by atoms with E-state index in [1.165, 1.54) is 57.8 Å². The first-order chi connectivity index (χ1) is 14.6. The molecular formula is C21H18F3N3O3S. The van der Waals surface area contributed by atoms with E-state index in [0.717, 1.165) is 12.1 Å². The zero-order chi connectivity index (χ0) is 22.6. The first-order valence-electron chi connectivity index (χ1n) is 9.26. The van der Waals surface area contributed by atoms with Crippen LogP contribution in [0.3, 0.4) is 0 Å². The van der Waals surface area contributed by atoms with Crippen LogP contribution in [0.15, 0.2) is 59.5 Å². The molecule has 3 rings (SSSR count). The highest BCUT2D eigenvalue weighted by atomic mass is 32.2. The Morgan fingerprint density at radius 1 is 0.968 bits per heavy atom. The van der Waals surface area contributed by atoms with E-state index in [4.69, 9.17) is 5.26 Å². The number of piperazine rings is 1. The van der Waals surface area contributed by atoms with Gasteiger partial charge in [-0.2, -0.15) is 22.7 Å². The molecule has 0 radical (unpaired) electrons. The van der Waals surface area contributed by atoms with E-state index < -0.39 is 21.8 Å². The lowest BCUT2D eigenvalue weighted by Crippen LogP contribution is -2.50. The number of hydrogen-bond donors (Lipinski definition) is 0. The maximum atomic E-state index is 12.7. The van der Waals surface area contributed by atoms with Crippen molar-refractivity contribution >= 4 is 22.0 Å². The van der Waals surface area contributed by atoms with Gasteiger partial charge in [0.1, 0.15) is 0 Å². The molecule has 1 aliphatic heterocycles. The van der Waals surface area contributed by atoms with E-state index in [1.54, 1.807) is 0 Å². The molecule has 10 heteroatoms. The van der Waals surface area contributed by atoms with Crippen LogP contribution in [-0.2, 0) is 21.0 Å². The topological polar surface area (TPSA) is 81.5 Å². The van der Waals surface area contributed by atoms with Gasteiger partial charge in [-0.15, -0.1) is 0 Å². The molecule has 1 amide bonds. The molecule has 0 atom stereocenters. The zero-order valence-corrected chi connectivity index (χ0v) is 17.0. The monoisotopic (exact) mass is 449 g/mol. The van der Waals surface area contributed by atoms with Crippen molar-refractivity contribution in [3.63, 3.8) is 0 Å². The van der Waals surface area contributed by atoms with Crippen LogP contribution in [-0.4, -0.2) is 49.7 Å². The van der Waals surface area contributed by atoms with Crippen molar-refractivity contribution in [3.05, 3.63) is 71.3 Å². The van der Waals surface area contributed by atoms with Gasteiger partial charge in [0.15, 0.2) is 0 Å². The van der Waals surface area contributed by atoms with E-state index in [2.05, 4.69) is 0 Å². The minimum absolute atomic E-state index is 0.0773. The van der Waals surface area contributed by atoms with Crippen molar-refractivity contribution in [2.45, 2.75) is 11.1 Å². The number of rotatable bonds is 4. The molecule has 0 aliphatic carbocycles. The highest BCUT2D eigenvalue weighted by Crippen LogP contribution is 2.29. The van der Waals surface area contributed by atoms with Gasteiger partial charge in [0.2, 0.25) is 15.9 Å². The van der Waals surface area contributed by atoms with Crippen LogP contribution in [0.2, 0.25) is 0 Å². The standard InChI is InChI=1S/C21H18F3N3O3S/c22-21(23,24)18-6-1-16(2-7-18)5-10-20(28)26-11-13-27(14-12-26)31(29,30)19-8-3-17(15-25)4-9-19/h1-10H,11-14H2/b10-5+. The molecule has 6 nitrogen and oxygen atoms in total. The number of carbonyl (C=O) groups is 1. The van der Waals surface area contributed by atoms with Crippen molar-refractivity contribution in [1.82, 2.24) is 9.21 Å². The minimum atomic E-state index is -4.42. The maximum Gasteiger partial charge on any atom is 0.416 e. The van der Waals surface area contributed by atoms with Gasteiger partial charge in [-0.25, -0.2) is 8.42 Å². The summed E-state index contributed by atoms with van der Waals surface area (Å²) >= 11 is 0. The molecule has 1 heterocycles. The summed E-state index contributed by atoms with van der Waals surface area (Å²) in [4.78, 5) is 13.9. The van der Waals surface area contributed by atoms with E-state index in [-0.39, 0.29) is 37.0 Å². The molecule has 1 saturated heterocycles. The van der Waals surface area contributed by atoms with Gasteiger partial charge in [-0.05, 0) is 48.0 Å². The second-order valence-electron chi connectivity index (χ2n) is 6.82. The summed E-state index contributed by atoms with van der Waals surface area (Å²) in [5.74, 6) is -0.352. The van der Waals surface area contributed by atoms with Crippen LogP contribution in [0.4, 0.5) is 13.2 Å². The Morgan fingerprint density at radius 3 is 2.06 bits per heavy atom. The fourth-order valence-electron chi connectivity index (χ4n) is 3.06. The predicted molar refractivity (Wildman–Crippen MR) is 107 cm³/mol. The summed E-state index contributed by atoms with van der Waals surface area (Å²) in [6, 6.07) is 12.0. The largest absolute Gasteiger partial charge is 0.416 e. The molecule has 0 bridgehead atoms. The number of nitrogens with zero attached hydrogens (tertiary/aromatic N) is 3. The molecule has 1 fully saturated rings. The fraction of sp³-hybridized carbons (Fsp3) is 0.238. The van der Waals surface area contributed by atoms with Gasteiger partial charge in [0.25, 0.3) is 0 Å². The Hall–Kier alpha value is -3.16. The van der Waals surface area contributed by atoms with Gasteiger partial charge >= 0.3 is 6.18 Å². The average molecular weight is 449 g/mol. The van der Waals surface area contributed by atoms with E-state index >= 15 is 0 Å². The normalized spacial score (nSPS) is 15.7. The van der Waals surface area contributed by atoms with Crippen molar-refractivity contribution in [2.24, 2.45) is 0 Å². The molecule has 2 aromatic rings. The Balaban J connectivity index is 1.59. The number of hydrogen-bond acceptors (Lipinski definition) is 4. The summed E-state index contributed by atoms with van der Waals surface area (Å²) in [5.41, 5.74) is 0.0353. The maximum absolute atomic E-state index is 12.7. The van der Waals surface area contributed by atoms with Gasteiger partial charge in [0, 0.05) is 32.3 Å². The van der Waals surface area contributed by atoms with Crippen molar-refractivity contribution in [1.29, 1.82) is 5.26 Å². The number of halogens is 3. The third kappa shape index (κ3) is 5.31. The van der Waals surface area contributed by atoms with Crippen LogP contribution in [0.25, 0.3) is 6.08 Å². The predicted octanol–water partition coefficient (Wildman–Crippen LogP) is 3.12. The molecule has 31 heavy (non-hydrogen) atoms.